The molecule has 0 spiro atoms. The minimum absolute atomic E-state index is 0.0887. The lowest BCUT2D eigenvalue weighted by Gasteiger charge is -2.38. The minimum atomic E-state index is -1.13. The van der Waals surface area contributed by atoms with E-state index in [-0.39, 0.29) is 25.1 Å². The number of aromatic nitrogens is 1. The number of likely N-dealkylation sites (tertiary alicyclic amines) is 1. The number of carbonyl (C=O) groups is 4. The number of thiazole rings is 1. The van der Waals surface area contributed by atoms with Crippen LogP contribution in [0.1, 0.15) is 54.0 Å². The lowest BCUT2D eigenvalue weighted by Crippen LogP contribution is -2.46. The Bertz CT molecular complexity index is 1410. The third-order valence-electron chi connectivity index (χ3n) is 7.34. The summed E-state index contributed by atoms with van der Waals surface area (Å²) >= 11 is 1.29. The SMILES string of the molecule is O=C(c1cncs1)N1CCC(Oc2cccc3c2C(CN2C(=O)c4ccccc4C2=O)N(C(=O)O)CC3)C1. The quantitative estimate of drug-likeness (QED) is 0.501. The highest BCUT2D eigenvalue weighted by Crippen LogP contribution is 2.39. The van der Waals surface area contributed by atoms with Crippen molar-refractivity contribution in [2.75, 3.05) is 26.2 Å². The molecule has 2 aromatic carbocycles. The molecule has 3 aliphatic rings. The lowest BCUT2D eigenvalue weighted by molar-refractivity contribution is 0.0564. The van der Waals surface area contributed by atoms with E-state index in [0.29, 0.717) is 53.2 Å². The van der Waals surface area contributed by atoms with Gasteiger partial charge in [0.05, 0.1) is 42.0 Å². The molecule has 194 valence electrons. The van der Waals surface area contributed by atoms with Crippen LogP contribution in [0.5, 0.6) is 5.75 Å². The molecule has 10 nitrogen and oxygen atoms in total. The van der Waals surface area contributed by atoms with E-state index >= 15 is 0 Å². The van der Waals surface area contributed by atoms with Gasteiger partial charge in [0.1, 0.15) is 16.7 Å². The molecule has 11 heteroatoms. The number of hydrogen-bond donors (Lipinski definition) is 1. The third kappa shape index (κ3) is 4.08. The molecule has 3 aliphatic heterocycles. The Morgan fingerprint density at radius 1 is 1.05 bits per heavy atom. The van der Waals surface area contributed by atoms with Crippen molar-refractivity contribution in [2.24, 2.45) is 0 Å². The van der Waals surface area contributed by atoms with Crippen molar-refractivity contribution in [1.82, 2.24) is 19.7 Å². The van der Waals surface area contributed by atoms with E-state index in [9.17, 15) is 24.3 Å². The van der Waals surface area contributed by atoms with Gasteiger partial charge in [-0.3, -0.25) is 29.2 Å². The Morgan fingerprint density at radius 3 is 2.50 bits per heavy atom. The van der Waals surface area contributed by atoms with E-state index in [1.165, 1.54) is 16.2 Å². The van der Waals surface area contributed by atoms with Gasteiger partial charge in [-0.25, -0.2) is 4.79 Å². The maximum atomic E-state index is 13.1. The summed E-state index contributed by atoms with van der Waals surface area (Å²) in [6, 6.07) is 11.4. The predicted molar refractivity (Wildman–Crippen MR) is 136 cm³/mol. The summed E-state index contributed by atoms with van der Waals surface area (Å²) in [6.45, 7) is 1.05. The normalized spacial score (nSPS) is 20.5. The van der Waals surface area contributed by atoms with Gasteiger partial charge < -0.3 is 14.7 Å². The molecule has 0 radical (unpaired) electrons. The van der Waals surface area contributed by atoms with Gasteiger partial charge in [-0.15, -0.1) is 11.3 Å². The molecule has 0 aliphatic carbocycles. The van der Waals surface area contributed by atoms with Crippen molar-refractivity contribution >= 4 is 35.2 Å². The van der Waals surface area contributed by atoms with Crippen LogP contribution in [0.2, 0.25) is 0 Å². The standard InChI is InChI=1S/C27H24N4O6S/c32-24-18-5-1-2-6-19(18)25(33)31(24)14-20-23-16(8-11-30(20)27(35)36)4-3-7-21(23)37-17-9-10-29(13-17)26(34)22-12-28-15-38-22/h1-7,12,15,17,20H,8-11,13-14H2,(H,35,36). The van der Waals surface area contributed by atoms with Crippen LogP contribution < -0.4 is 4.74 Å². The van der Waals surface area contributed by atoms with E-state index in [1.807, 2.05) is 12.1 Å². The summed E-state index contributed by atoms with van der Waals surface area (Å²) in [4.78, 5) is 59.9. The van der Waals surface area contributed by atoms with Crippen molar-refractivity contribution in [1.29, 1.82) is 0 Å². The van der Waals surface area contributed by atoms with Gasteiger partial charge >= 0.3 is 6.09 Å². The summed E-state index contributed by atoms with van der Waals surface area (Å²) in [5, 5.41) is 10.0. The summed E-state index contributed by atoms with van der Waals surface area (Å²) in [7, 11) is 0. The van der Waals surface area contributed by atoms with E-state index < -0.39 is 23.9 Å². The molecule has 0 bridgehead atoms. The van der Waals surface area contributed by atoms with Crippen molar-refractivity contribution in [3.05, 3.63) is 81.3 Å². The Morgan fingerprint density at radius 2 is 1.82 bits per heavy atom. The number of rotatable bonds is 5. The van der Waals surface area contributed by atoms with Gasteiger partial charge in [0.15, 0.2) is 0 Å². The topological polar surface area (TPSA) is 120 Å². The smallest absolute Gasteiger partial charge is 0.407 e. The molecule has 4 heterocycles. The van der Waals surface area contributed by atoms with Crippen molar-refractivity contribution in [2.45, 2.75) is 25.0 Å². The lowest BCUT2D eigenvalue weighted by atomic mass is 9.91. The van der Waals surface area contributed by atoms with Crippen molar-refractivity contribution < 1.29 is 29.0 Å². The first kappa shape index (κ1) is 24.1. The van der Waals surface area contributed by atoms with Crippen molar-refractivity contribution in [3.8, 4) is 5.75 Å². The van der Waals surface area contributed by atoms with Crippen LogP contribution in [-0.2, 0) is 6.42 Å². The Kier molecular flexibility index (Phi) is 6.07. The Balaban J connectivity index is 1.28. The molecule has 1 N–H and O–H groups in total. The first-order valence-electron chi connectivity index (χ1n) is 12.3. The summed E-state index contributed by atoms with van der Waals surface area (Å²) in [5.74, 6) is -0.453. The maximum Gasteiger partial charge on any atom is 0.407 e. The second-order valence-corrected chi connectivity index (χ2v) is 10.4. The number of benzene rings is 2. The fraction of sp³-hybridized carbons (Fsp3) is 0.296. The zero-order valence-corrected chi connectivity index (χ0v) is 21.1. The molecule has 3 aromatic rings. The van der Waals surface area contributed by atoms with Crippen LogP contribution in [0.15, 0.2) is 54.2 Å². The van der Waals surface area contributed by atoms with Gasteiger partial charge in [0, 0.05) is 25.1 Å². The predicted octanol–water partition coefficient (Wildman–Crippen LogP) is 3.31. The molecule has 4 amide bonds. The highest BCUT2D eigenvalue weighted by Gasteiger charge is 2.42. The van der Waals surface area contributed by atoms with E-state index in [0.717, 1.165) is 10.5 Å². The number of hydrogen-bond acceptors (Lipinski definition) is 7. The molecular formula is C27H24N4O6S. The largest absolute Gasteiger partial charge is 0.488 e. The molecular weight excluding hydrogens is 508 g/mol. The van der Waals surface area contributed by atoms with Gasteiger partial charge in [0.25, 0.3) is 17.7 Å². The first-order chi connectivity index (χ1) is 18.4. The Labute approximate surface area is 222 Å². The number of fused-ring (bicyclic) bond motifs is 2. The summed E-state index contributed by atoms with van der Waals surface area (Å²) in [5.41, 5.74) is 3.83. The van der Waals surface area contributed by atoms with Gasteiger partial charge in [-0.1, -0.05) is 24.3 Å². The molecule has 1 saturated heterocycles. The molecule has 38 heavy (non-hydrogen) atoms. The fourth-order valence-corrected chi connectivity index (χ4v) is 6.09. The molecule has 2 unspecified atom stereocenters. The second kappa shape index (κ2) is 9.56. The van der Waals surface area contributed by atoms with E-state index in [4.69, 9.17) is 4.74 Å². The molecule has 1 fully saturated rings. The average Bonchev–Trinajstić information content (AvgIpc) is 3.67. The average molecular weight is 533 g/mol. The van der Waals surface area contributed by atoms with Crippen LogP contribution in [0.25, 0.3) is 0 Å². The summed E-state index contributed by atoms with van der Waals surface area (Å²) in [6.07, 6.45) is 1.25. The second-order valence-electron chi connectivity index (χ2n) is 9.48. The van der Waals surface area contributed by atoms with Crippen LogP contribution >= 0.6 is 11.3 Å². The van der Waals surface area contributed by atoms with Gasteiger partial charge in [0.2, 0.25) is 0 Å². The van der Waals surface area contributed by atoms with E-state index in [1.54, 1.807) is 46.9 Å². The number of carbonyl (C=O) groups excluding carboxylic acids is 3. The number of imide groups is 1. The minimum Gasteiger partial charge on any atom is -0.488 e. The summed E-state index contributed by atoms with van der Waals surface area (Å²) < 4.78 is 6.40. The van der Waals surface area contributed by atoms with E-state index in [2.05, 4.69) is 4.98 Å². The van der Waals surface area contributed by atoms with Gasteiger partial charge in [-0.2, -0.15) is 0 Å². The number of amides is 4. The maximum absolute atomic E-state index is 13.1. The monoisotopic (exact) mass is 532 g/mol. The first-order valence-corrected chi connectivity index (χ1v) is 13.2. The molecule has 6 rings (SSSR count). The number of carboxylic acid groups (broad SMARTS) is 1. The highest BCUT2D eigenvalue weighted by atomic mass is 32.1. The number of nitrogens with zero attached hydrogens (tertiary/aromatic N) is 4. The highest BCUT2D eigenvalue weighted by molar-refractivity contribution is 7.11. The van der Waals surface area contributed by atoms with Crippen LogP contribution in [-0.4, -0.2) is 80.9 Å². The zero-order valence-electron chi connectivity index (χ0n) is 20.3. The van der Waals surface area contributed by atoms with Crippen LogP contribution in [0.3, 0.4) is 0 Å². The molecule has 0 saturated carbocycles. The fourth-order valence-electron chi connectivity index (χ4n) is 5.50. The van der Waals surface area contributed by atoms with Crippen LogP contribution in [0.4, 0.5) is 4.79 Å². The van der Waals surface area contributed by atoms with Gasteiger partial charge in [-0.05, 0) is 30.2 Å². The molecule has 1 aromatic heterocycles. The Hall–Kier alpha value is -4.25. The molecule has 2 atom stereocenters. The number of ether oxygens (including phenoxy) is 1. The zero-order chi connectivity index (χ0) is 26.4. The third-order valence-corrected chi connectivity index (χ3v) is 8.10. The van der Waals surface area contributed by atoms with Crippen LogP contribution in [0, 0.1) is 0 Å². The van der Waals surface area contributed by atoms with Crippen molar-refractivity contribution in [3.63, 3.8) is 0 Å².